The van der Waals surface area contributed by atoms with Crippen LogP contribution < -0.4 is 9.47 Å². The molecule has 1 amide bonds. The van der Waals surface area contributed by atoms with Crippen LogP contribution in [-0.2, 0) is 11.2 Å². The van der Waals surface area contributed by atoms with Crippen LogP contribution >= 0.6 is 0 Å². The number of hydrogen-bond acceptors (Lipinski definition) is 4. The number of ether oxygens (including phenoxy) is 2. The van der Waals surface area contributed by atoms with Gasteiger partial charge in [-0.3, -0.25) is 4.79 Å². The smallest absolute Gasteiger partial charge is 0.230 e. The summed E-state index contributed by atoms with van der Waals surface area (Å²) in [5, 5.41) is 0. The molecule has 1 aliphatic rings. The summed E-state index contributed by atoms with van der Waals surface area (Å²) in [7, 11) is 3.29. The van der Waals surface area contributed by atoms with E-state index in [-0.39, 0.29) is 18.2 Å². The quantitative estimate of drug-likeness (QED) is 0.754. The molecule has 1 saturated heterocycles. The van der Waals surface area contributed by atoms with Gasteiger partial charge < -0.3 is 19.4 Å². The number of para-hydroxylation sites is 3. The Morgan fingerprint density at radius 3 is 2.81 bits per heavy atom. The number of H-pyrrole nitrogens is 1. The van der Waals surface area contributed by atoms with E-state index in [0.717, 1.165) is 41.1 Å². The highest BCUT2D eigenvalue weighted by molar-refractivity contribution is 5.81. The van der Waals surface area contributed by atoms with Crippen molar-refractivity contribution < 1.29 is 14.3 Å². The Hall–Kier alpha value is -3.02. The predicted molar refractivity (Wildman–Crippen MR) is 103 cm³/mol. The highest BCUT2D eigenvalue weighted by atomic mass is 16.5. The zero-order valence-electron chi connectivity index (χ0n) is 15.6. The lowest BCUT2D eigenvalue weighted by Crippen LogP contribution is -2.30. The lowest BCUT2D eigenvalue weighted by atomic mass is 9.97. The summed E-state index contributed by atoms with van der Waals surface area (Å²) in [6, 6.07) is 13.7. The molecule has 1 fully saturated rings. The molecule has 0 saturated carbocycles. The number of carbonyl (C=O) groups is 1. The van der Waals surface area contributed by atoms with Crippen LogP contribution in [0.3, 0.4) is 0 Å². The van der Waals surface area contributed by atoms with Crippen molar-refractivity contribution in [1.82, 2.24) is 14.9 Å². The number of hydrogen-bond donors (Lipinski definition) is 1. The minimum Gasteiger partial charge on any atom is -0.493 e. The number of rotatable bonds is 5. The van der Waals surface area contributed by atoms with E-state index < -0.39 is 0 Å². The van der Waals surface area contributed by atoms with Crippen LogP contribution in [0.1, 0.15) is 23.7 Å². The van der Waals surface area contributed by atoms with Crippen LogP contribution in [0.5, 0.6) is 11.5 Å². The lowest BCUT2D eigenvalue weighted by Gasteiger charge is -2.18. The normalized spacial score (nSPS) is 16.7. The van der Waals surface area contributed by atoms with Crippen LogP contribution in [0.15, 0.2) is 42.5 Å². The Morgan fingerprint density at radius 2 is 2.04 bits per heavy atom. The molecule has 140 valence electrons. The Bertz CT molecular complexity index is 933. The van der Waals surface area contributed by atoms with Crippen LogP contribution in [0, 0.1) is 0 Å². The van der Waals surface area contributed by atoms with Crippen molar-refractivity contribution >= 4 is 16.9 Å². The molecule has 2 heterocycles. The summed E-state index contributed by atoms with van der Waals surface area (Å²) in [5.41, 5.74) is 2.94. The number of benzene rings is 2. The molecule has 6 nitrogen and oxygen atoms in total. The maximum absolute atomic E-state index is 12.8. The largest absolute Gasteiger partial charge is 0.493 e. The fraction of sp³-hybridized carbons (Fsp3) is 0.333. The van der Waals surface area contributed by atoms with Crippen molar-refractivity contribution in [2.24, 2.45) is 0 Å². The minimum absolute atomic E-state index is 0.0958. The van der Waals surface area contributed by atoms with Crippen LogP contribution in [-0.4, -0.2) is 48.1 Å². The van der Waals surface area contributed by atoms with Crippen molar-refractivity contribution in [3.63, 3.8) is 0 Å². The second kappa shape index (κ2) is 7.31. The fourth-order valence-corrected chi connectivity index (χ4v) is 3.82. The maximum Gasteiger partial charge on any atom is 0.230 e. The van der Waals surface area contributed by atoms with Gasteiger partial charge >= 0.3 is 0 Å². The maximum atomic E-state index is 12.8. The first-order chi connectivity index (χ1) is 13.2. The Labute approximate surface area is 158 Å². The SMILES string of the molecule is COc1cccc([C@H]2CCN(C(=O)Cc3nc4ccccc4[nH]3)C2)c1OC. The van der Waals surface area contributed by atoms with Crippen LogP contribution in [0.2, 0.25) is 0 Å². The van der Waals surface area contributed by atoms with E-state index in [4.69, 9.17) is 9.47 Å². The van der Waals surface area contributed by atoms with Crippen molar-refractivity contribution in [3.8, 4) is 11.5 Å². The molecule has 1 aliphatic heterocycles. The number of aromatic nitrogens is 2. The van der Waals surface area contributed by atoms with Gasteiger partial charge in [-0.2, -0.15) is 0 Å². The van der Waals surface area contributed by atoms with Gasteiger partial charge in [-0.1, -0.05) is 24.3 Å². The molecule has 1 N–H and O–H groups in total. The van der Waals surface area contributed by atoms with Crippen molar-refractivity contribution in [3.05, 3.63) is 53.9 Å². The molecule has 1 atom stereocenters. The van der Waals surface area contributed by atoms with E-state index in [1.165, 1.54) is 0 Å². The lowest BCUT2D eigenvalue weighted by molar-refractivity contribution is -0.129. The summed E-state index contributed by atoms with van der Waals surface area (Å²) >= 11 is 0. The van der Waals surface area contributed by atoms with Crippen LogP contribution in [0.4, 0.5) is 0 Å². The average molecular weight is 365 g/mol. The van der Waals surface area contributed by atoms with Gasteiger partial charge in [-0.05, 0) is 24.6 Å². The summed E-state index contributed by atoms with van der Waals surface area (Å²) < 4.78 is 11.0. The molecular formula is C21H23N3O3. The molecule has 0 unspecified atom stereocenters. The third-order valence-electron chi connectivity index (χ3n) is 5.17. The van der Waals surface area contributed by atoms with Gasteiger partial charge in [0.25, 0.3) is 0 Å². The number of nitrogens with one attached hydrogen (secondary N) is 1. The first-order valence-corrected chi connectivity index (χ1v) is 9.12. The molecule has 4 rings (SSSR count). The van der Waals surface area contributed by atoms with Gasteiger partial charge in [0, 0.05) is 24.6 Å². The topological polar surface area (TPSA) is 67.5 Å². The summed E-state index contributed by atoms with van der Waals surface area (Å²) in [4.78, 5) is 22.4. The van der Waals surface area contributed by atoms with Crippen molar-refractivity contribution in [2.75, 3.05) is 27.3 Å². The second-order valence-corrected chi connectivity index (χ2v) is 6.79. The second-order valence-electron chi connectivity index (χ2n) is 6.79. The van der Waals surface area contributed by atoms with Crippen molar-refractivity contribution in [2.45, 2.75) is 18.8 Å². The van der Waals surface area contributed by atoms with Crippen molar-refractivity contribution in [1.29, 1.82) is 0 Å². The number of amides is 1. The molecule has 0 aliphatic carbocycles. The molecule has 0 spiro atoms. The molecule has 0 radical (unpaired) electrons. The highest BCUT2D eigenvalue weighted by Gasteiger charge is 2.30. The zero-order valence-corrected chi connectivity index (χ0v) is 15.6. The molecule has 27 heavy (non-hydrogen) atoms. The van der Waals surface area contributed by atoms with Crippen LogP contribution in [0.25, 0.3) is 11.0 Å². The van der Waals surface area contributed by atoms with E-state index in [1.807, 2.05) is 41.3 Å². The molecule has 0 bridgehead atoms. The van der Waals surface area contributed by atoms with Gasteiger partial charge in [0.05, 0.1) is 31.7 Å². The number of fused-ring (bicyclic) bond motifs is 1. The number of likely N-dealkylation sites (tertiary alicyclic amines) is 1. The van der Waals surface area contributed by atoms with Gasteiger partial charge in [0.1, 0.15) is 5.82 Å². The predicted octanol–water partition coefficient (Wildman–Crippen LogP) is 3.14. The first kappa shape index (κ1) is 17.4. The Morgan fingerprint density at radius 1 is 1.19 bits per heavy atom. The zero-order chi connectivity index (χ0) is 18.8. The van der Waals surface area contributed by atoms with Gasteiger partial charge in [0.15, 0.2) is 11.5 Å². The number of imidazole rings is 1. The minimum atomic E-state index is 0.0958. The van der Waals surface area contributed by atoms with Gasteiger partial charge in [-0.25, -0.2) is 4.98 Å². The molecule has 1 aromatic heterocycles. The molecule has 2 aromatic carbocycles. The number of carbonyl (C=O) groups excluding carboxylic acids is 1. The third kappa shape index (κ3) is 3.35. The monoisotopic (exact) mass is 365 g/mol. The highest BCUT2D eigenvalue weighted by Crippen LogP contribution is 2.39. The third-order valence-corrected chi connectivity index (χ3v) is 5.17. The number of nitrogens with zero attached hydrogens (tertiary/aromatic N) is 2. The van der Waals surface area contributed by atoms with Gasteiger partial charge in [0.2, 0.25) is 5.91 Å². The number of methoxy groups -OCH3 is 2. The van der Waals surface area contributed by atoms with E-state index in [2.05, 4.69) is 16.0 Å². The summed E-state index contributed by atoms with van der Waals surface area (Å²) in [6.07, 6.45) is 1.20. The average Bonchev–Trinajstić information content (AvgIpc) is 3.33. The molecule has 3 aromatic rings. The number of aromatic amines is 1. The summed E-state index contributed by atoms with van der Waals surface area (Å²) in [5.74, 6) is 2.54. The molecular weight excluding hydrogens is 342 g/mol. The van der Waals surface area contributed by atoms with E-state index in [0.29, 0.717) is 12.4 Å². The van der Waals surface area contributed by atoms with Gasteiger partial charge in [-0.15, -0.1) is 0 Å². The summed E-state index contributed by atoms with van der Waals surface area (Å²) in [6.45, 7) is 1.42. The first-order valence-electron chi connectivity index (χ1n) is 9.12. The van der Waals surface area contributed by atoms with E-state index >= 15 is 0 Å². The fourth-order valence-electron chi connectivity index (χ4n) is 3.82. The molecule has 6 heteroatoms. The van der Waals surface area contributed by atoms with E-state index in [1.54, 1.807) is 14.2 Å². The Balaban J connectivity index is 1.47. The van der Waals surface area contributed by atoms with E-state index in [9.17, 15) is 4.79 Å². The standard InChI is InChI=1S/C21H23N3O3/c1-26-18-9-5-6-15(21(18)27-2)14-10-11-24(13-14)20(25)12-19-22-16-7-3-4-8-17(16)23-19/h3-9,14H,10-13H2,1-2H3,(H,22,23)/t14-/m0/s1. The Kier molecular flexibility index (Phi) is 4.71.